The monoisotopic (exact) mass is 523 g/mol. The molecule has 2 N–H and O–H groups in total. The molecule has 0 radical (unpaired) electrons. The molecule has 0 aliphatic carbocycles. The lowest BCUT2D eigenvalue weighted by Gasteiger charge is -2.24. The molecule has 0 aliphatic rings. The summed E-state index contributed by atoms with van der Waals surface area (Å²) in [5, 5.41) is 9.25. The van der Waals surface area contributed by atoms with Crippen LogP contribution in [-0.4, -0.2) is 19.2 Å². The van der Waals surface area contributed by atoms with E-state index in [1.54, 1.807) is 14.2 Å². The van der Waals surface area contributed by atoms with Gasteiger partial charge in [0.05, 0.1) is 19.9 Å². The van der Waals surface area contributed by atoms with Crippen molar-refractivity contribution in [2.75, 3.05) is 24.9 Å². The molecule has 0 unspecified atom stereocenters. The summed E-state index contributed by atoms with van der Waals surface area (Å²) in [6, 6.07) is 21.2. The standard InChI is InChI=1S/C34H41N3O2/c1-22(37-29-20-25(33(2,3)4)21-30(38-8)32(29)39-9)36-28-15-14-24(26-12-10-11-13-27(26)28)18-23-16-17-35-31(19-23)34(5,6)7/h10-17,19-21,36-37H,1,18H2,2-9H3. The zero-order valence-electron chi connectivity index (χ0n) is 24.5. The lowest BCUT2D eigenvalue weighted by atomic mass is 9.86. The van der Waals surface area contributed by atoms with Gasteiger partial charge in [-0.3, -0.25) is 4.98 Å². The first-order chi connectivity index (χ1) is 18.4. The molecular formula is C34H41N3O2. The van der Waals surface area contributed by atoms with Crippen molar-refractivity contribution >= 4 is 22.1 Å². The number of nitrogens with one attached hydrogen (secondary N) is 2. The highest BCUT2D eigenvalue weighted by atomic mass is 16.5. The minimum absolute atomic E-state index is 0.0122. The van der Waals surface area contributed by atoms with Crippen LogP contribution in [0, 0.1) is 0 Å². The van der Waals surface area contributed by atoms with Gasteiger partial charge >= 0.3 is 0 Å². The minimum atomic E-state index is -0.0563. The second-order valence-electron chi connectivity index (χ2n) is 12.0. The Morgan fingerprint density at radius 3 is 2.13 bits per heavy atom. The Kier molecular flexibility index (Phi) is 7.91. The molecule has 5 nitrogen and oxygen atoms in total. The third kappa shape index (κ3) is 6.36. The van der Waals surface area contributed by atoms with Gasteiger partial charge in [-0.15, -0.1) is 0 Å². The van der Waals surface area contributed by atoms with Gasteiger partial charge in [0.2, 0.25) is 0 Å². The Morgan fingerprint density at radius 2 is 1.49 bits per heavy atom. The van der Waals surface area contributed by atoms with Crippen LogP contribution < -0.4 is 20.1 Å². The van der Waals surface area contributed by atoms with E-state index < -0.39 is 0 Å². The van der Waals surface area contributed by atoms with E-state index >= 15 is 0 Å². The molecule has 0 fully saturated rings. The molecular weight excluding hydrogens is 482 g/mol. The first-order valence-electron chi connectivity index (χ1n) is 13.4. The number of rotatable bonds is 8. The quantitative estimate of drug-likeness (QED) is 0.243. The topological polar surface area (TPSA) is 55.4 Å². The third-order valence-corrected chi connectivity index (χ3v) is 6.92. The molecule has 5 heteroatoms. The van der Waals surface area contributed by atoms with Crippen LogP contribution >= 0.6 is 0 Å². The van der Waals surface area contributed by atoms with Crippen LogP contribution in [0.5, 0.6) is 11.5 Å². The van der Waals surface area contributed by atoms with Gasteiger partial charge in [0.15, 0.2) is 11.5 Å². The summed E-state index contributed by atoms with van der Waals surface area (Å²) in [6.07, 6.45) is 2.75. The highest BCUT2D eigenvalue weighted by molar-refractivity contribution is 5.97. The lowest BCUT2D eigenvalue weighted by molar-refractivity contribution is 0.355. The molecule has 4 rings (SSSR count). The van der Waals surface area contributed by atoms with Crippen molar-refractivity contribution in [1.82, 2.24) is 4.98 Å². The van der Waals surface area contributed by atoms with E-state index in [2.05, 4.69) is 118 Å². The van der Waals surface area contributed by atoms with Crippen molar-refractivity contribution < 1.29 is 9.47 Å². The fraction of sp³-hybridized carbons (Fsp3) is 0.324. The smallest absolute Gasteiger partial charge is 0.184 e. The maximum atomic E-state index is 5.70. The van der Waals surface area contributed by atoms with Crippen LogP contribution in [0.1, 0.15) is 63.9 Å². The van der Waals surface area contributed by atoms with Crippen molar-refractivity contribution in [3.8, 4) is 11.5 Å². The molecule has 39 heavy (non-hydrogen) atoms. The number of nitrogens with zero attached hydrogens (tertiary/aromatic N) is 1. The number of anilines is 2. The number of fused-ring (bicyclic) bond motifs is 1. The third-order valence-electron chi connectivity index (χ3n) is 6.92. The van der Waals surface area contributed by atoms with E-state index in [9.17, 15) is 0 Å². The molecule has 0 saturated heterocycles. The van der Waals surface area contributed by atoms with E-state index in [0.717, 1.165) is 34.4 Å². The molecule has 1 aromatic heterocycles. The summed E-state index contributed by atoms with van der Waals surface area (Å²) in [4.78, 5) is 4.59. The van der Waals surface area contributed by atoms with E-state index in [0.29, 0.717) is 17.3 Å². The second kappa shape index (κ2) is 11.0. The van der Waals surface area contributed by atoms with Crippen molar-refractivity contribution in [1.29, 1.82) is 0 Å². The minimum Gasteiger partial charge on any atom is -0.493 e. The van der Waals surface area contributed by atoms with Gasteiger partial charge in [0, 0.05) is 28.4 Å². The van der Waals surface area contributed by atoms with Gasteiger partial charge in [0.1, 0.15) is 5.82 Å². The summed E-state index contributed by atoms with van der Waals surface area (Å²) in [5.41, 5.74) is 6.50. The number of methoxy groups -OCH3 is 2. The molecule has 4 aromatic rings. The summed E-state index contributed by atoms with van der Waals surface area (Å²) < 4.78 is 11.3. The van der Waals surface area contributed by atoms with Crippen molar-refractivity contribution in [2.45, 2.75) is 58.8 Å². The normalized spacial score (nSPS) is 11.8. The molecule has 0 bridgehead atoms. The Bertz CT molecular complexity index is 1490. The van der Waals surface area contributed by atoms with Crippen molar-refractivity contribution in [3.05, 3.63) is 102 Å². The second-order valence-corrected chi connectivity index (χ2v) is 12.0. The first kappa shape index (κ1) is 28.0. The van der Waals surface area contributed by atoms with Crippen LogP contribution in [0.3, 0.4) is 0 Å². The van der Waals surface area contributed by atoms with Gasteiger partial charge in [0.25, 0.3) is 0 Å². The average molecular weight is 524 g/mol. The number of hydrogen-bond donors (Lipinski definition) is 2. The van der Waals surface area contributed by atoms with Crippen LogP contribution in [0.4, 0.5) is 11.4 Å². The Balaban J connectivity index is 1.63. The van der Waals surface area contributed by atoms with Crippen molar-refractivity contribution in [3.63, 3.8) is 0 Å². The highest BCUT2D eigenvalue weighted by Crippen LogP contribution is 2.40. The maximum absolute atomic E-state index is 5.70. The van der Waals surface area contributed by atoms with Crippen LogP contribution in [-0.2, 0) is 17.3 Å². The summed E-state index contributed by atoms with van der Waals surface area (Å²) in [5.74, 6) is 1.96. The predicted molar refractivity (Wildman–Crippen MR) is 164 cm³/mol. The average Bonchev–Trinajstić information content (AvgIpc) is 2.88. The molecule has 0 aliphatic heterocycles. The molecule has 0 spiro atoms. The van der Waals surface area contributed by atoms with Gasteiger partial charge in [-0.1, -0.05) is 78.5 Å². The maximum Gasteiger partial charge on any atom is 0.184 e. The molecule has 1 heterocycles. The van der Waals surface area contributed by atoms with E-state index in [-0.39, 0.29) is 10.8 Å². The highest BCUT2D eigenvalue weighted by Gasteiger charge is 2.21. The van der Waals surface area contributed by atoms with Gasteiger partial charge in [-0.05, 0) is 64.2 Å². The molecule has 3 aromatic carbocycles. The number of benzene rings is 3. The first-order valence-corrected chi connectivity index (χ1v) is 13.4. The van der Waals surface area contributed by atoms with E-state index in [4.69, 9.17) is 9.47 Å². The zero-order valence-corrected chi connectivity index (χ0v) is 24.5. The SMILES string of the molecule is C=C(Nc1cc(C(C)(C)C)cc(OC)c1OC)Nc1ccc(Cc2ccnc(C(C)(C)C)c2)c2ccccc12. The van der Waals surface area contributed by atoms with Crippen LogP contribution in [0.25, 0.3) is 10.8 Å². The largest absolute Gasteiger partial charge is 0.493 e. The fourth-order valence-electron chi connectivity index (χ4n) is 4.69. The number of ether oxygens (including phenoxy) is 2. The Hall–Kier alpha value is -3.99. The van der Waals surface area contributed by atoms with E-state index in [1.807, 2.05) is 12.3 Å². The summed E-state index contributed by atoms with van der Waals surface area (Å²) in [7, 11) is 3.31. The fourth-order valence-corrected chi connectivity index (χ4v) is 4.69. The zero-order chi connectivity index (χ0) is 28.4. The van der Waals surface area contributed by atoms with Crippen LogP contribution in [0.15, 0.2) is 79.3 Å². The molecule has 204 valence electrons. The number of pyridine rings is 1. The number of aromatic nitrogens is 1. The molecule has 0 atom stereocenters. The molecule has 0 saturated carbocycles. The summed E-state index contributed by atoms with van der Waals surface area (Å²) >= 11 is 0. The summed E-state index contributed by atoms with van der Waals surface area (Å²) in [6.45, 7) is 17.4. The Morgan fingerprint density at radius 1 is 0.795 bits per heavy atom. The Labute approximate surface area is 233 Å². The predicted octanol–water partition coefficient (Wildman–Crippen LogP) is 8.43. The number of hydrogen-bond acceptors (Lipinski definition) is 5. The van der Waals surface area contributed by atoms with E-state index in [1.165, 1.54) is 16.5 Å². The lowest BCUT2D eigenvalue weighted by Crippen LogP contribution is -2.14. The van der Waals surface area contributed by atoms with Gasteiger partial charge in [-0.2, -0.15) is 0 Å². The van der Waals surface area contributed by atoms with Crippen molar-refractivity contribution in [2.24, 2.45) is 0 Å². The van der Waals surface area contributed by atoms with Gasteiger partial charge in [-0.25, -0.2) is 0 Å². The van der Waals surface area contributed by atoms with Crippen LogP contribution in [0.2, 0.25) is 0 Å². The van der Waals surface area contributed by atoms with Gasteiger partial charge < -0.3 is 20.1 Å². The molecule has 0 amide bonds.